The number of nitrogens with zero attached hydrogens (tertiary/aromatic N) is 3. The summed E-state index contributed by atoms with van der Waals surface area (Å²) in [6.45, 7) is 5.04. The lowest BCUT2D eigenvalue weighted by Gasteiger charge is -2.60. The Bertz CT molecular complexity index is 2550. The highest BCUT2D eigenvalue weighted by Gasteiger charge is 2.63. The number of phenolic OH excluding ortho intramolecular Hbond substituents is 1. The molecule has 3 aromatic carbocycles. The molecular weight excluding hydrogens is 769 g/mol. The summed E-state index contributed by atoms with van der Waals surface area (Å²) in [7, 11) is 3.42. The van der Waals surface area contributed by atoms with Gasteiger partial charge in [-0.1, -0.05) is 24.3 Å². The van der Waals surface area contributed by atoms with Crippen molar-refractivity contribution < 1.29 is 47.6 Å². The van der Waals surface area contributed by atoms with Gasteiger partial charge in [-0.2, -0.15) is 5.26 Å². The fourth-order valence-corrected chi connectivity index (χ4v) is 11.4. The van der Waals surface area contributed by atoms with Crippen molar-refractivity contribution in [3.8, 4) is 34.8 Å². The minimum absolute atomic E-state index is 0.0275. The summed E-state index contributed by atoms with van der Waals surface area (Å²) in [6, 6.07) is 9.84. The van der Waals surface area contributed by atoms with E-state index in [1.165, 1.54) is 31.9 Å². The number of hydrogen-bond donors (Lipinski definition) is 2. The molecule has 7 aliphatic heterocycles. The third-order valence-corrected chi connectivity index (χ3v) is 13.4. The molecule has 300 valence electrons. The largest absolute Gasteiger partial charge is 0.504 e. The molecule has 2 N–H and O–H groups in total. The van der Waals surface area contributed by atoms with Crippen molar-refractivity contribution in [2.75, 3.05) is 39.9 Å². The number of carbonyl (C=O) groups excluding carboxylic acids is 3. The number of hydrogen-bond acceptors (Lipinski definition) is 15. The number of esters is 2. The Morgan fingerprint density at radius 3 is 2.60 bits per heavy atom. The molecule has 1 aromatic heterocycles. The second-order valence-electron chi connectivity index (χ2n) is 15.4. The lowest BCUT2D eigenvalue weighted by Crippen LogP contribution is -2.68. The van der Waals surface area contributed by atoms with Gasteiger partial charge >= 0.3 is 17.6 Å². The first-order chi connectivity index (χ1) is 27.9. The minimum Gasteiger partial charge on any atom is -0.504 e. The number of carbonyl (C=O) groups is 3. The maximum atomic E-state index is 14.0. The molecule has 8 heterocycles. The number of nitrogens with one attached hydrogen (secondary N) is 1. The van der Waals surface area contributed by atoms with Gasteiger partial charge in [-0.05, 0) is 44.2 Å². The smallest absolute Gasteiger partial charge is 0.349 e. The second-order valence-corrected chi connectivity index (χ2v) is 16.6. The zero-order chi connectivity index (χ0) is 40.8. The van der Waals surface area contributed by atoms with Gasteiger partial charge in [0.05, 0.1) is 31.1 Å². The molecule has 0 aliphatic carbocycles. The Kier molecular flexibility index (Phi) is 9.10. The van der Waals surface area contributed by atoms with Gasteiger partial charge in [-0.15, -0.1) is 11.8 Å². The molecule has 4 aromatic rings. The summed E-state index contributed by atoms with van der Waals surface area (Å²) in [4.78, 5) is 58.0. The van der Waals surface area contributed by atoms with Crippen molar-refractivity contribution in [2.45, 2.75) is 68.6 Å². The highest BCUT2D eigenvalue weighted by atomic mass is 32.2. The quantitative estimate of drug-likeness (QED) is 0.166. The highest BCUT2D eigenvalue weighted by molar-refractivity contribution is 7.99. The first-order valence-electron chi connectivity index (χ1n) is 18.9. The molecule has 1 amide bonds. The van der Waals surface area contributed by atoms with E-state index in [0.717, 1.165) is 11.1 Å². The number of aromatic hydroxyl groups is 1. The summed E-state index contributed by atoms with van der Waals surface area (Å²) < 4.78 is 35.4. The Balaban J connectivity index is 1.25. The average molecular weight is 809 g/mol. The fourth-order valence-electron chi connectivity index (χ4n) is 9.86. The Hall–Kier alpha value is -5.76. The van der Waals surface area contributed by atoms with Crippen molar-refractivity contribution in [3.05, 3.63) is 85.8 Å². The molecule has 0 radical (unpaired) electrons. The predicted molar refractivity (Wildman–Crippen MR) is 208 cm³/mol. The van der Waals surface area contributed by atoms with Crippen molar-refractivity contribution >= 4 is 40.6 Å². The number of fused-ring (bicyclic) bond motifs is 9. The van der Waals surface area contributed by atoms with Crippen LogP contribution < -0.4 is 29.9 Å². The van der Waals surface area contributed by atoms with Crippen LogP contribution in [0.5, 0.6) is 28.7 Å². The van der Waals surface area contributed by atoms with Gasteiger partial charge < -0.3 is 38.5 Å². The van der Waals surface area contributed by atoms with Gasteiger partial charge in [-0.3, -0.25) is 19.4 Å². The number of phenols is 1. The molecule has 4 bridgehead atoms. The van der Waals surface area contributed by atoms with E-state index in [0.29, 0.717) is 57.0 Å². The summed E-state index contributed by atoms with van der Waals surface area (Å²) in [5.74, 6) is -0.730. The molecule has 2 saturated heterocycles. The van der Waals surface area contributed by atoms with E-state index in [9.17, 15) is 29.5 Å². The maximum Gasteiger partial charge on any atom is 0.349 e. The molecule has 2 fully saturated rings. The molecule has 0 saturated carbocycles. The van der Waals surface area contributed by atoms with E-state index in [1.54, 1.807) is 31.2 Å². The van der Waals surface area contributed by atoms with E-state index in [1.807, 2.05) is 20.0 Å². The van der Waals surface area contributed by atoms with Crippen LogP contribution in [0.15, 0.2) is 45.6 Å². The van der Waals surface area contributed by atoms with Crippen LogP contribution in [0.2, 0.25) is 0 Å². The minimum atomic E-state index is -1.25. The van der Waals surface area contributed by atoms with Gasteiger partial charge in [0, 0.05) is 71.8 Å². The number of aryl methyl sites for hydroxylation is 1. The summed E-state index contributed by atoms with van der Waals surface area (Å²) in [6.07, 6.45) is 0.428. The standard InChI is InChI=1S/C42H40N4O11S/c1-19-12-23-14-42(16-43)17-45(4)31(28(23)33(48)34(19)52-5)32-38-30-29(37-36(54-18-55-37)20(2)35(30)56-21(3)47)26(46(32)42)10-11-53-41(51)25(15-58-38)44-39(49)24-13-22-8-6-7-9-27(22)57-40(24)50/h6-9,12-13,25-26,31-32,38,48H,10-11,14-15,17-18H2,1-5H3,(H,44,49)/t25?,26-,31+,32+,38+,42-/m0/s1. The highest BCUT2D eigenvalue weighted by Crippen LogP contribution is 2.65. The maximum absolute atomic E-state index is 14.0. The third kappa shape index (κ3) is 5.62. The van der Waals surface area contributed by atoms with Crippen LogP contribution in [0.25, 0.3) is 11.0 Å². The number of methoxy groups -OCH3 is 1. The zero-order valence-electron chi connectivity index (χ0n) is 32.4. The van der Waals surface area contributed by atoms with Crippen LogP contribution >= 0.6 is 11.8 Å². The van der Waals surface area contributed by atoms with E-state index in [4.69, 9.17) is 28.1 Å². The molecule has 15 nitrogen and oxygen atoms in total. The molecule has 7 atom stereocenters. The van der Waals surface area contributed by atoms with E-state index in [-0.39, 0.29) is 49.1 Å². The van der Waals surface area contributed by atoms with Crippen molar-refractivity contribution in [1.29, 1.82) is 5.26 Å². The monoisotopic (exact) mass is 808 g/mol. The lowest BCUT2D eigenvalue weighted by atomic mass is 9.75. The lowest BCUT2D eigenvalue weighted by molar-refractivity contribution is -0.146. The first kappa shape index (κ1) is 37.8. The van der Waals surface area contributed by atoms with Crippen LogP contribution in [0.1, 0.15) is 74.4 Å². The van der Waals surface area contributed by atoms with Gasteiger partial charge in [0.2, 0.25) is 6.79 Å². The topological polar surface area (TPSA) is 190 Å². The molecular formula is C42H40N4O11S. The zero-order valence-corrected chi connectivity index (χ0v) is 33.2. The molecule has 2 unspecified atom stereocenters. The number of amides is 1. The van der Waals surface area contributed by atoms with E-state index < -0.39 is 58.4 Å². The Morgan fingerprint density at radius 1 is 1.07 bits per heavy atom. The van der Waals surface area contributed by atoms with E-state index in [2.05, 4.69) is 21.2 Å². The van der Waals surface area contributed by atoms with Crippen molar-refractivity contribution in [2.24, 2.45) is 0 Å². The SMILES string of the molecule is COc1c(C)cc2c(c1O)[C@@H]1[C@@H]3[C@@H]4SCC(NC(=O)c5cc6ccccc6oc5=O)C(=O)OCC[C@@H](c5c6c(c(C)c(OC(C)=O)c54)OCO6)N3[C@](C#N)(C2)CN1C. The van der Waals surface area contributed by atoms with Crippen molar-refractivity contribution in [3.63, 3.8) is 0 Å². The normalized spacial score (nSPS) is 26.9. The third-order valence-electron chi connectivity index (χ3n) is 12.0. The molecule has 11 rings (SSSR count). The fraction of sp³-hybridized carbons (Fsp3) is 0.405. The number of likely N-dealkylation sites (N-methyl/N-ethyl adjacent to an activating group) is 1. The number of ether oxygens (including phenoxy) is 5. The number of rotatable bonds is 4. The van der Waals surface area contributed by atoms with Gasteiger partial charge in [0.1, 0.15) is 28.5 Å². The number of thioether (sulfide) groups is 1. The van der Waals surface area contributed by atoms with Crippen LogP contribution in [-0.4, -0.2) is 90.2 Å². The predicted octanol–water partition coefficient (Wildman–Crippen LogP) is 4.53. The van der Waals surface area contributed by atoms with Crippen LogP contribution in [0, 0.1) is 25.2 Å². The van der Waals surface area contributed by atoms with Gasteiger partial charge in [0.25, 0.3) is 5.91 Å². The molecule has 16 heteroatoms. The van der Waals surface area contributed by atoms with Crippen LogP contribution in [0.4, 0.5) is 0 Å². The molecule has 0 spiro atoms. The Morgan fingerprint density at radius 2 is 1.84 bits per heavy atom. The van der Waals surface area contributed by atoms with Gasteiger partial charge in [0.15, 0.2) is 23.0 Å². The number of piperazine rings is 1. The first-order valence-corrected chi connectivity index (χ1v) is 20.0. The number of para-hydroxylation sites is 1. The number of nitriles is 1. The molecule has 58 heavy (non-hydrogen) atoms. The summed E-state index contributed by atoms with van der Waals surface area (Å²) >= 11 is 1.31. The van der Waals surface area contributed by atoms with E-state index >= 15 is 0 Å². The summed E-state index contributed by atoms with van der Waals surface area (Å²) in [5, 5.41) is 26.1. The van der Waals surface area contributed by atoms with Crippen molar-refractivity contribution in [1.82, 2.24) is 15.1 Å². The number of benzene rings is 3. The van der Waals surface area contributed by atoms with Crippen LogP contribution in [0.3, 0.4) is 0 Å². The molecule has 7 aliphatic rings. The second kappa shape index (κ2) is 14.0. The summed E-state index contributed by atoms with van der Waals surface area (Å²) in [5.41, 5.74) is 1.94. The average Bonchev–Trinajstić information content (AvgIpc) is 3.58. The Labute approximate surface area is 336 Å². The van der Waals surface area contributed by atoms with Gasteiger partial charge in [-0.25, -0.2) is 9.59 Å². The van der Waals surface area contributed by atoms with Crippen LogP contribution in [-0.2, 0) is 20.7 Å².